The summed E-state index contributed by atoms with van der Waals surface area (Å²) in [4.78, 5) is 2.61. The SMILES string of the molecule is CN1CCCN(S(=O)(=O)c2ccc3c(c2)Cc2cc(Br)ccc2-3)CC1.Cl. The number of likely N-dealkylation sites (N-methyl/N-ethyl adjacent to an activating group) is 1. The van der Waals surface area contributed by atoms with Crippen LogP contribution in [0.3, 0.4) is 0 Å². The molecular weight excluding hydrogens is 436 g/mol. The Kier molecular flexibility index (Phi) is 5.80. The fraction of sp³-hybridized carbons (Fsp3) is 0.368. The zero-order valence-corrected chi connectivity index (χ0v) is 17.8. The summed E-state index contributed by atoms with van der Waals surface area (Å²) in [6.45, 7) is 2.88. The van der Waals surface area contributed by atoms with Crippen molar-refractivity contribution < 1.29 is 8.42 Å². The minimum absolute atomic E-state index is 0. The molecule has 0 radical (unpaired) electrons. The number of sulfonamides is 1. The quantitative estimate of drug-likeness (QED) is 0.588. The van der Waals surface area contributed by atoms with Gasteiger partial charge < -0.3 is 4.90 Å². The predicted molar refractivity (Wildman–Crippen MR) is 111 cm³/mol. The fourth-order valence-electron chi connectivity index (χ4n) is 3.73. The van der Waals surface area contributed by atoms with Crippen LogP contribution in [0.4, 0.5) is 0 Å². The molecule has 1 fully saturated rings. The van der Waals surface area contributed by atoms with Crippen LogP contribution in [0.2, 0.25) is 0 Å². The summed E-state index contributed by atoms with van der Waals surface area (Å²) in [7, 11) is -1.39. The third-order valence-electron chi connectivity index (χ3n) is 5.13. The van der Waals surface area contributed by atoms with E-state index in [1.165, 1.54) is 11.1 Å². The van der Waals surface area contributed by atoms with Gasteiger partial charge in [0.1, 0.15) is 0 Å². The van der Waals surface area contributed by atoms with Gasteiger partial charge in [-0.25, -0.2) is 8.42 Å². The Morgan fingerprint density at radius 1 is 0.923 bits per heavy atom. The topological polar surface area (TPSA) is 40.6 Å². The molecule has 0 aromatic heterocycles. The van der Waals surface area contributed by atoms with Crippen molar-refractivity contribution in [1.82, 2.24) is 9.21 Å². The van der Waals surface area contributed by atoms with Gasteiger partial charge in [-0.15, -0.1) is 12.4 Å². The average Bonchev–Trinajstić information content (AvgIpc) is 2.78. The van der Waals surface area contributed by atoms with Gasteiger partial charge in [-0.05, 0) is 73.0 Å². The molecule has 2 aliphatic rings. The molecule has 0 saturated carbocycles. The molecule has 1 heterocycles. The number of hydrogen-bond acceptors (Lipinski definition) is 3. The van der Waals surface area contributed by atoms with E-state index in [4.69, 9.17) is 0 Å². The van der Waals surface area contributed by atoms with Crippen LogP contribution >= 0.6 is 28.3 Å². The molecule has 7 heteroatoms. The summed E-state index contributed by atoms with van der Waals surface area (Å²) in [6, 6.07) is 11.9. The summed E-state index contributed by atoms with van der Waals surface area (Å²) < 4.78 is 28.8. The first kappa shape index (κ1) is 19.8. The summed E-state index contributed by atoms with van der Waals surface area (Å²) in [5, 5.41) is 0. The first-order valence-corrected chi connectivity index (χ1v) is 10.8. The first-order chi connectivity index (χ1) is 11.9. The van der Waals surface area contributed by atoms with Crippen molar-refractivity contribution in [3.05, 3.63) is 52.0 Å². The lowest BCUT2D eigenvalue weighted by Crippen LogP contribution is -2.34. The van der Waals surface area contributed by atoms with E-state index in [9.17, 15) is 8.42 Å². The molecule has 0 N–H and O–H groups in total. The van der Waals surface area contributed by atoms with E-state index in [-0.39, 0.29) is 12.4 Å². The smallest absolute Gasteiger partial charge is 0.243 e. The van der Waals surface area contributed by atoms with E-state index in [1.807, 2.05) is 25.2 Å². The van der Waals surface area contributed by atoms with Gasteiger partial charge >= 0.3 is 0 Å². The van der Waals surface area contributed by atoms with Crippen LogP contribution in [-0.4, -0.2) is 50.8 Å². The second-order valence-corrected chi connectivity index (χ2v) is 9.71. The van der Waals surface area contributed by atoms with Gasteiger partial charge in [-0.3, -0.25) is 0 Å². The number of halogens is 2. The Morgan fingerprint density at radius 2 is 1.62 bits per heavy atom. The van der Waals surface area contributed by atoms with Gasteiger partial charge in [0.25, 0.3) is 0 Å². The standard InChI is InChI=1S/C19H21BrN2O2S.ClH/c1-21-7-2-8-22(10-9-21)25(23,24)17-4-6-19-15(13-17)11-14-12-16(20)3-5-18(14)19;/h3-6,12-13H,2,7-11H2,1H3;1H. The maximum atomic E-state index is 13.1. The molecule has 4 nitrogen and oxygen atoms in total. The molecule has 1 aliphatic carbocycles. The Balaban J connectivity index is 0.00000196. The van der Waals surface area contributed by atoms with Crippen molar-refractivity contribution in [3.63, 3.8) is 0 Å². The van der Waals surface area contributed by atoms with Crippen LogP contribution in [0.1, 0.15) is 17.5 Å². The zero-order valence-electron chi connectivity index (χ0n) is 14.6. The lowest BCUT2D eigenvalue weighted by molar-refractivity contribution is 0.347. The van der Waals surface area contributed by atoms with Crippen LogP contribution in [0.5, 0.6) is 0 Å². The number of fused-ring (bicyclic) bond motifs is 3. The molecule has 26 heavy (non-hydrogen) atoms. The molecule has 0 amide bonds. The monoisotopic (exact) mass is 456 g/mol. The normalized spacial score (nSPS) is 17.9. The van der Waals surface area contributed by atoms with E-state index in [0.717, 1.165) is 41.5 Å². The van der Waals surface area contributed by atoms with Gasteiger partial charge in [0.2, 0.25) is 10.0 Å². The van der Waals surface area contributed by atoms with Crippen molar-refractivity contribution in [2.75, 3.05) is 33.2 Å². The highest BCUT2D eigenvalue weighted by molar-refractivity contribution is 9.10. The van der Waals surface area contributed by atoms with Crippen LogP contribution in [0, 0.1) is 0 Å². The lowest BCUT2D eigenvalue weighted by atomic mass is 10.1. The summed E-state index contributed by atoms with van der Waals surface area (Å²) in [6.07, 6.45) is 1.66. The minimum Gasteiger partial charge on any atom is -0.305 e. The molecule has 4 rings (SSSR count). The summed E-state index contributed by atoms with van der Waals surface area (Å²) >= 11 is 3.51. The summed E-state index contributed by atoms with van der Waals surface area (Å²) in [5.74, 6) is 0. The summed E-state index contributed by atoms with van der Waals surface area (Å²) in [5.41, 5.74) is 4.70. The minimum atomic E-state index is -3.43. The van der Waals surface area contributed by atoms with Crippen molar-refractivity contribution in [2.45, 2.75) is 17.7 Å². The number of rotatable bonds is 2. The third-order valence-corrected chi connectivity index (χ3v) is 7.52. The Hall–Kier alpha value is -0.920. The Labute approximate surface area is 169 Å². The van der Waals surface area contributed by atoms with Gasteiger partial charge in [-0.1, -0.05) is 28.1 Å². The van der Waals surface area contributed by atoms with Crippen LogP contribution < -0.4 is 0 Å². The molecule has 140 valence electrons. The maximum Gasteiger partial charge on any atom is 0.243 e. The van der Waals surface area contributed by atoms with E-state index in [2.05, 4.69) is 33.0 Å². The molecule has 0 bridgehead atoms. The van der Waals surface area contributed by atoms with Gasteiger partial charge in [0.05, 0.1) is 4.90 Å². The van der Waals surface area contributed by atoms with Crippen molar-refractivity contribution >= 4 is 38.4 Å². The molecule has 0 atom stereocenters. The second kappa shape index (κ2) is 7.60. The van der Waals surface area contributed by atoms with Crippen molar-refractivity contribution in [3.8, 4) is 11.1 Å². The van der Waals surface area contributed by atoms with Crippen LogP contribution in [0.25, 0.3) is 11.1 Å². The highest BCUT2D eigenvalue weighted by Gasteiger charge is 2.28. The second-order valence-electron chi connectivity index (χ2n) is 6.86. The van der Waals surface area contributed by atoms with E-state index in [1.54, 1.807) is 10.4 Å². The maximum absolute atomic E-state index is 13.1. The van der Waals surface area contributed by atoms with E-state index in [0.29, 0.717) is 18.0 Å². The highest BCUT2D eigenvalue weighted by atomic mass is 79.9. The number of benzene rings is 2. The van der Waals surface area contributed by atoms with Gasteiger partial charge in [0.15, 0.2) is 0 Å². The van der Waals surface area contributed by atoms with Crippen LogP contribution in [-0.2, 0) is 16.4 Å². The number of nitrogens with zero attached hydrogens (tertiary/aromatic N) is 2. The lowest BCUT2D eigenvalue weighted by Gasteiger charge is -2.20. The highest BCUT2D eigenvalue weighted by Crippen LogP contribution is 2.39. The largest absolute Gasteiger partial charge is 0.305 e. The molecule has 2 aromatic carbocycles. The molecule has 0 spiro atoms. The van der Waals surface area contributed by atoms with Gasteiger partial charge in [0, 0.05) is 24.1 Å². The Bertz CT molecular complexity index is 933. The van der Waals surface area contributed by atoms with Gasteiger partial charge in [-0.2, -0.15) is 4.31 Å². The zero-order chi connectivity index (χ0) is 17.6. The third kappa shape index (κ3) is 3.58. The average molecular weight is 458 g/mol. The van der Waals surface area contributed by atoms with E-state index >= 15 is 0 Å². The molecule has 0 unspecified atom stereocenters. The molecular formula is C19H22BrClN2O2S. The van der Waals surface area contributed by atoms with Crippen molar-refractivity contribution in [2.24, 2.45) is 0 Å². The Morgan fingerprint density at radius 3 is 2.38 bits per heavy atom. The molecule has 1 aliphatic heterocycles. The molecule has 1 saturated heterocycles. The first-order valence-electron chi connectivity index (χ1n) is 8.55. The molecule has 2 aromatic rings. The number of hydrogen-bond donors (Lipinski definition) is 0. The van der Waals surface area contributed by atoms with E-state index < -0.39 is 10.0 Å². The van der Waals surface area contributed by atoms with Crippen molar-refractivity contribution in [1.29, 1.82) is 0 Å². The predicted octanol–water partition coefficient (Wildman–Crippen LogP) is 3.77. The van der Waals surface area contributed by atoms with Crippen LogP contribution in [0.15, 0.2) is 45.8 Å². The fourth-order valence-corrected chi connectivity index (χ4v) is 5.66.